The van der Waals surface area contributed by atoms with Gasteiger partial charge in [0.15, 0.2) is 0 Å². The molecule has 8 nitrogen and oxygen atoms in total. The second kappa shape index (κ2) is 14.5. The highest BCUT2D eigenvalue weighted by molar-refractivity contribution is 7.92. The van der Waals surface area contributed by atoms with Crippen LogP contribution in [0.3, 0.4) is 0 Å². The van der Waals surface area contributed by atoms with Crippen LogP contribution in [0.2, 0.25) is 0 Å². The molecule has 0 heterocycles. The number of nitrogens with one attached hydrogen (secondary N) is 1. The lowest BCUT2D eigenvalue weighted by Crippen LogP contribution is -2.52. The Morgan fingerprint density at radius 3 is 2.12 bits per heavy atom. The van der Waals surface area contributed by atoms with Crippen molar-refractivity contribution >= 4 is 27.5 Å². The largest absolute Gasteiger partial charge is 0.457 e. The normalized spacial score (nSPS) is 11.9. The quantitative estimate of drug-likeness (QED) is 0.272. The number of para-hydroxylation sites is 1. The monoisotopic (exact) mass is 569 g/mol. The molecule has 0 fully saturated rings. The Bertz CT molecular complexity index is 1350. The van der Waals surface area contributed by atoms with Crippen LogP contribution in [0.5, 0.6) is 11.5 Å². The summed E-state index contributed by atoms with van der Waals surface area (Å²) < 4.78 is 45.9. The lowest BCUT2D eigenvalue weighted by Gasteiger charge is -2.33. The van der Waals surface area contributed by atoms with Crippen molar-refractivity contribution < 1.29 is 27.1 Å². The van der Waals surface area contributed by atoms with E-state index in [1.54, 1.807) is 43.3 Å². The molecule has 214 valence electrons. The fourth-order valence-electron chi connectivity index (χ4n) is 4.13. The molecule has 40 heavy (non-hydrogen) atoms. The summed E-state index contributed by atoms with van der Waals surface area (Å²) in [6, 6.07) is 20.3. The standard InChI is InChI=1S/C30H36FN3O5S/c1-4-6-20-32-30(36)28(5-2)33(21-23-12-14-24(31)15-13-23)29(35)22-34(40(3,37)38)25-16-18-27(19-17-25)39-26-10-8-7-9-11-26/h7-19,28H,4-6,20-22H2,1-3H3,(H,32,36)/t28-/m1/s1. The molecule has 0 aliphatic rings. The Morgan fingerprint density at radius 1 is 0.925 bits per heavy atom. The number of anilines is 1. The summed E-state index contributed by atoms with van der Waals surface area (Å²) in [7, 11) is -3.87. The van der Waals surface area contributed by atoms with E-state index in [2.05, 4.69) is 5.32 Å². The van der Waals surface area contributed by atoms with Crippen LogP contribution >= 0.6 is 0 Å². The molecule has 0 unspecified atom stereocenters. The van der Waals surface area contributed by atoms with Crippen molar-refractivity contribution in [2.75, 3.05) is 23.7 Å². The Kier molecular flexibility index (Phi) is 11.1. The van der Waals surface area contributed by atoms with Gasteiger partial charge in [0.05, 0.1) is 11.9 Å². The molecule has 2 amide bonds. The van der Waals surface area contributed by atoms with Gasteiger partial charge in [0.1, 0.15) is 29.9 Å². The van der Waals surface area contributed by atoms with Crippen molar-refractivity contribution in [2.45, 2.75) is 45.7 Å². The van der Waals surface area contributed by atoms with Crippen LogP contribution < -0.4 is 14.4 Å². The van der Waals surface area contributed by atoms with Gasteiger partial charge in [-0.05, 0) is 66.9 Å². The minimum absolute atomic E-state index is 0.0142. The molecule has 3 aromatic rings. The van der Waals surface area contributed by atoms with Gasteiger partial charge in [-0.25, -0.2) is 12.8 Å². The van der Waals surface area contributed by atoms with Gasteiger partial charge in [-0.2, -0.15) is 0 Å². The van der Waals surface area contributed by atoms with Gasteiger partial charge < -0.3 is 15.0 Å². The van der Waals surface area contributed by atoms with Gasteiger partial charge in [0, 0.05) is 13.1 Å². The molecular weight excluding hydrogens is 533 g/mol. The molecule has 0 aromatic heterocycles. The van der Waals surface area contributed by atoms with Crippen molar-refractivity contribution in [1.29, 1.82) is 0 Å². The van der Waals surface area contributed by atoms with Crippen molar-refractivity contribution in [2.24, 2.45) is 0 Å². The number of carbonyl (C=O) groups excluding carboxylic acids is 2. The number of benzene rings is 3. The minimum Gasteiger partial charge on any atom is -0.457 e. The molecule has 10 heteroatoms. The Morgan fingerprint density at radius 2 is 1.55 bits per heavy atom. The topological polar surface area (TPSA) is 96.0 Å². The average molecular weight is 570 g/mol. The number of carbonyl (C=O) groups is 2. The predicted octanol–water partition coefficient (Wildman–Crippen LogP) is 5.11. The first-order valence-corrected chi connectivity index (χ1v) is 15.1. The maximum Gasteiger partial charge on any atom is 0.244 e. The van der Waals surface area contributed by atoms with Crippen LogP contribution in [-0.2, 0) is 26.2 Å². The zero-order valence-corrected chi connectivity index (χ0v) is 23.9. The van der Waals surface area contributed by atoms with Crippen LogP contribution in [0.25, 0.3) is 0 Å². The molecular formula is C30H36FN3O5S. The van der Waals surface area contributed by atoms with E-state index in [9.17, 15) is 22.4 Å². The second-order valence-electron chi connectivity index (χ2n) is 9.40. The number of sulfonamides is 1. The summed E-state index contributed by atoms with van der Waals surface area (Å²) in [5, 5.41) is 2.87. The van der Waals surface area contributed by atoms with Gasteiger partial charge in [0.25, 0.3) is 0 Å². The van der Waals surface area contributed by atoms with E-state index in [-0.39, 0.29) is 18.1 Å². The molecule has 0 saturated heterocycles. The molecule has 0 radical (unpaired) electrons. The van der Waals surface area contributed by atoms with Gasteiger partial charge in [-0.3, -0.25) is 13.9 Å². The van der Waals surface area contributed by atoms with Crippen molar-refractivity contribution in [1.82, 2.24) is 10.2 Å². The molecule has 0 saturated carbocycles. The molecule has 3 rings (SSSR count). The average Bonchev–Trinajstić information content (AvgIpc) is 2.93. The highest BCUT2D eigenvalue weighted by atomic mass is 32.2. The van der Waals surface area contributed by atoms with E-state index in [1.165, 1.54) is 29.2 Å². The van der Waals surface area contributed by atoms with Gasteiger partial charge in [0.2, 0.25) is 21.8 Å². The Balaban J connectivity index is 1.87. The zero-order valence-electron chi connectivity index (χ0n) is 23.0. The number of unbranched alkanes of at least 4 members (excludes halogenated alkanes) is 1. The van der Waals surface area contributed by atoms with E-state index in [4.69, 9.17) is 4.74 Å². The lowest BCUT2D eigenvalue weighted by atomic mass is 10.1. The zero-order chi connectivity index (χ0) is 29.1. The van der Waals surface area contributed by atoms with Crippen molar-refractivity contribution in [3.8, 4) is 11.5 Å². The fraction of sp³-hybridized carbons (Fsp3) is 0.333. The van der Waals surface area contributed by atoms with Crippen LogP contribution in [0.4, 0.5) is 10.1 Å². The van der Waals surface area contributed by atoms with Gasteiger partial charge >= 0.3 is 0 Å². The van der Waals surface area contributed by atoms with Crippen molar-refractivity contribution in [3.05, 3.63) is 90.2 Å². The summed E-state index contributed by atoms with van der Waals surface area (Å²) in [4.78, 5) is 28.2. The molecule has 0 bridgehead atoms. The van der Waals surface area contributed by atoms with Crippen LogP contribution in [0.1, 0.15) is 38.7 Å². The van der Waals surface area contributed by atoms with Crippen LogP contribution in [-0.4, -0.2) is 50.5 Å². The first-order chi connectivity index (χ1) is 19.1. The van der Waals surface area contributed by atoms with E-state index < -0.39 is 34.3 Å². The number of amides is 2. The molecule has 1 atom stereocenters. The van der Waals surface area contributed by atoms with E-state index in [0.29, 0.717) is 30.0 Å². The maximum atomic E-state index is 13.7. The van der Waals surface area contributed by atoms with Gasteiger partial charge in [-0.15, -0.1) is 0 Å². The first-order valence-electron chi connectivity index (χ1n) is 13.2. The number of rotatable bonds is 14. The van der Waals surface area contributed by atoms with Gasteiger partial charge in [-0.1, -0.05) is 50.6 Å². The Hall–Kier alpha value is -3.92. The van der Waals surface area contributed by atoms with E-state index in [0.717, 1.165) is 23.4 Å². The first kappa shape index (κ1) is 30.6. The number of ether oxygens (including phenoxy) is 1. The summed E-state index contributed by atoms with van der Waals surface area (Å²) in [5.41, 5.74) is 0.890. The third-order valence-corrected chi connectivity index (χ3v) is 7.41. The molecule has 3 aromatic carbocycles. The summed E-state index contributed by atoms with van der Waals surface area (Å²) in [6.45, 7) is 3.76. The predicted molar refractivity (Wildman–Crippen MR) is 154 cm³/mol. The smallest absolute Gasteiger partial charge is 0.244 e. The third-order valence-electron chi connectivity index (χ3n) is 6.26. The fourth-order valence-corrected chi connectivity index (χ4v) is 4.98. The lowest BCUT2D eigenvalue weighted by molar-refractivity contribution is -0.140. The minimum atomic E-state index is -3.87. The highest BCUT2D eigenvalue weighted by Crippen LogP contribution is 2.26. The van der Waals surface area contributed by atoms with Crippen LogP contribution in [0.15, 0.2) is 78.9 Å². The molecule has 1 N–H and O–H groups in total. The maximum absolute atomic E-state index is 13.7. The summed E-state index contributed by atoms with van der Waals surface area (Å²) in [5.74, 6) is -0.169. The van der Waals surface area contributed by atoms with Crippen LogP contribution in [0, 0.1) is 5.82 Å². The molecule has 0 spiro atoms. The number of halogens is 1. The number of hydrogen-bond donors (Lipinski definition) is 1. The molecule has 0 aliphatic carbocycles. The van der Waals surface area contributed by atoms with Crippen molar-refractivity contribution in [3.63, 3.8) is 0 Å². The number of nitrogens with zero attached hydrogens (tertiary/aromatic N) is 2. The highest BCUT2D eigenvalue weighted by Gasteiger charge is 2.31. The summed E-state index contributed by atoms with van der Waals surface area (Å²) in [6.07, 6.45) is 3.02. The Labute approximate surface area is 235 Å². The van der Waals surface area contributed by atoms with E-state index >= 15 is 0 Å². The molecule has 0 aliphatic heterocycles. The summed E-state index contributed by atoms with van der Waals surface area (Å²) >= 11 is 0. The van der Waals surface area contributed by atoms with E-state index in [1.807, 2.05) is 25.1 Å². The number of hydrogen-bond acceptors (Lipinski definition) is 5. The second-order valence-corrected chi connectivity index (χ2v) is 11.3. The third kappa shape index (κ3) is 8.81. The SMILES string of the molecule is CCCCNC(=O)[C@@H](CC)N(Cc1ccc(F)cc1)C(=O)CN(c1ccc(Oc2ccccc2)cc1)S(C)(=O)=O.